The molecule has 2 amide bonds. The van der Waals surface area contributed by atoms with Gasteiger partial charge in [-0.1, -0.05) is 6.07 Å². The second-order valence-electron chi connectivity index (χ2n) is 3.52. The van der Waals surface area contributed by atoms with Crippen LogP contribution in [-0.2, 0) is 4.79 Å². The number of hydrogen-bond acceptors (Lipinski definition) is 5. The number of carboxylic acid groups (broad SMARTS) is 1. The number of amides is 2. The fraction of sp³-hybridized carbons (Fsp3) is 0.250. The van der Waals surface area contributed by atoms with E-state index in [1.54, 1.807) is 25.1 Å². The van der Waals surface area contributed by atoms with Crippen LogP contribution >= 0.6 is 0 Å². The third kappa shape index (κ3) is 4.84. The van der Waals surface area contributed by atoms with Gasteiger partial charge in [0.1, 0.15) is 0 Å². The molecule has 1 rings (SSSR count). The molecule has 0 aromatic heterocycles. The minimum Gasteiger partial charge on any atom is -0.490 e. The van der Waals surface area contributed by atoms with Crippen molar-refractivity contribution >= 4 is 18.2 Å². The fourth-order valence-electron chi connectivity index (χ4n) is 1.36. The van der Waals surface area contributed by atoms with E-state index in [-0.39, 0.29) is 5.75 Å². The normalized spacial score (nSPS) is 10.2. The average molecular weight is 281 g/mol. The zero-order valence-corrected chi connectivity index (χ0v) is 10.8. The molecular weight excluding hydrogens is 266 g/mol. The van der Waals surface area contributed by atoms with Crippen LogP contribution in [0.2, 0.25) is 0 Å². The summed E-state index contributed by atoms with van der Waals surface area (Å²) in [6, 6.07) is 4.14. The molecule has 0 radical (unpaired) electrons. The number of carbonyl (C=O) groups is 2. The Labute approximate surface area is 115 Å². The maximum atomic E-state index is 10.6. The van der Waals surface area contributed by atoms with Gasteiger partial charge in [-0.05, 0) is 19.1 Å². The Balaban J connectivity index is 3.00. The number of nitrogens with zero attached hydrogens (tertiary/aromatic N) is 1. The highest BCUT2D eigenvalue weighted by Gasteiger charge is 2.11. The van der Waals surface area contributed by atoms with E-state index >= 15 is 0 Å². The van der Waals surface area contributed by atoms with E-state index in [4.69, 9.17) is 20.3 Å². The lowest BCUT2D eigenvalue weighted by Crippen LogP contribution is -2.24. The van der Waals surface area contributed by atoms with Crippen LogP contribution in [0.5, 0.6) is 11.5 Å². The number of benzene rings is 1. The molecule has 0 atom stereocenters. The first-order chi connectivity index (χ1) is 9.54. The van der Waals surface area contributed by atoms with Gasteiger partial charge in [-0.15, -0.1) is 0 Å². The number of primary amides is 1. The van der Waals surface area contributed by atoms with Crippen LogP contribution in [0, 0.1) is 0 Å². The van der Waals surface area contributed by atoms with E-state index in [2.05, 4.69) is 5.10 Å². The Kier molecular flexibility index (Phi) is 5.82. The van der Waals surface area contributed by atoms with Crippen molar-refractivity contribution in [2.75, 3.05) is 13.2 Å². The number of ether oxygens (including phenoxy) is 2. The Morgan fingerprint density at radius 1 is 1.45 bits per heavy atom. The van der Waals surface area contributed by atoms with Crippen molar-refractivity contribution in [1.82, 2.24) is 5.43 Å². The van der Waals surface area contributed by atoms with E-state index in [0.717, 1.165) is 0 Å². The smallest absolute Gasteiger partial charge is 0.341 e. The fourth-order valence-corrected chi connectivity index (χ4v) is 1.36. The molecule has 108 valence electrons. The number of hydrazone groups is 1. The average Bonchev–Trinajstić information content (AvgIpc) is 2.37. The molecule has 8 heteroatoms. The molecule has 0 spiro atoms. The highest BCUT2D eigenvalue weighted by molar-refractivity contribution is 5.86. The molecular formula is C12H15N3O5. The number of urea groups is 1. The molecule has 0 aliphatic rings. The Morgan fingerprint density at radius 2 is 2.20 bits per heavy atom. The second kappa shape index (κ2) is 7.62. The van der Waals surface area contributed by atoms with Crippen LogP contribution in [0.25, 0.3) is 0 Å². The lowest BCUT2D eigenvalue weighted by atomic mass is 10.2. The summed E-state index contributed by atoms with van der Waals surface area (Å²) >= 11 is 0. The molecule has 0 unspecified atom stereocenters. The van der Waals surface area contributed by atoms with Crippen molar-refractivity contribution in [2.45, 2.75) is 6.92 Å². The maximum absolute atomic E-state index is 10.6. The van der Waals surface area contributed by atoms with Crippen molar-refractivity contribution in [3.63, 3.8) is 0 Å². The quantitative estimate of drug-likeness (QED) is 0.497. The minimum absolute atomic E-state index is 0.228. The van der Waals surface area contributed by atoms with E-state index < -0.39 is 18.6 Å². The third-order valence-electron chi connectivity index (χ3n) is 2.03. The highest BCUT2D eigenvalue weighted by atomic mass is 16.5. The molecule has 1 aromatic rings. The molecule has 0 fully saturated rings. The van der Waals surface area contributed by atoms with Gasteiger partial charge >= 0.3 is 12.0 Å². The first-order valence-corrected chi connectivity index (χ1v) is 5.73. The predicted molar refractivity (Wildman–Crippen MR) is 71.1 cm³/mol. The van der Waals surface area contributed by atoms with Gasteiger partial charge in [-0.3, -0.25) is 0 Å². The van der Waals surface area contributed by atoms with Gasteiger partial charge in [0.25, 0.3) is 0 Å². The van der Waals surface area contributed by atoms with Crippen molar-refractivity contribution in [1.29, 1.82) is 0 Å². The molecule has 0 saturated heterocycles. The van der Waals surface area contributed by atoms with Gasteiger partial charge in [0.15, 0.2) is 18.1 Å². The maximum Gasteiger partial charge on any atom is 0.341 e. The zero-order valence-electron chi connectivity index (χ0n) is 10.8. The summed E-state index contributed by atoms with van der Waals surface area (Å²) in [5, 5.41) is 12.3. The second-order valence-corrected chi connectivity index (χ2v) is 3.52. The number of carboxylic acids is 1. The number of nitrogens with one attached hydrogen (secondary N) is 1. The standard InChI is InChI=1S/C12H15N3O5/c1-2-19-9-5-3-4-8(6-14-15-12(13)18)11(9)20-7-10(16)17/h3-6H,2,7H2,1H3,(H,16,17)(H3,13,15,18)/b14-6-. The number of para-hydroxylation sites is 1. The number of rotatable bonds is 7. The summed E-state index contributed by atoms with van der Waals surface area (Å²) in [4.78, 5) is 21.1. The summed E-state index contributed by atoms with van der Waals surface area (Å²) in [7, 11) is 0. The van der Waals surface area contributed by atoms with Gasteiger partial charge in [0, 0.05) is 5.56 Å². The summed E-state index contributed by atoms with van der Waals surface area (Å²) in [6.45, 7) is 1.66. The van der Waals surface area contributed by atoms with E-state index in [1.807, 2.05) is 5.43 Å². The molecule has 1 aromatic carbocycles. The van der Waals surface area contributed by atoms with Crippen LogP contribution in [0.15, 0.2) is 23.3 Å². The van der Waals surface area contributed by atoms with Crippen LogP contribution in [-0.4, -0.2) is 36.5 Å². The van der Waals surface area contributed by atoms with Crippen molar-refractivity contribution in [3.8, 4) is 11.5 Å². The first kappa shape index (κ1) is 15.3. The minimum atomic E-state index is -1.12. The molecule has 0 bridgehead atoms. The third-order valence-corrected chi connectivity index (χ3v) is 2.03. The van der Waals surface area contributed by atoms with Crippen molar-refractivity contribution in [3.05, 3.63) is 23.8 Å². The first-order valence-electron chi connectivity index (χ1n) is 5.73. The van der Waals surface area contributed by atoms with Gasteiger partial charge in [-0.25, -0.2) is 15.0 Å². The van der Waals surface area contributed by atoms with Gasteiger partial charge in [0.2, 0.25) is 0 Å². The lowest BCUT2D eigenvalue weighted by molar-refractivity contribution is -0.139. The molecule has 20 heavy (non-hydrogen) atoms. The van der Waals surface area contributed by atoms with E-state index in [9.17, 15) is 9.59 Å². The summed E-state index contributed by atoms with van der Waals surface area (Å²) < 4.78 is 10.5. The van der Waals surface area contributed by atoms with Crippen LogP contribution in [0.1, 0.15) is 12.5 Å². The van der Waals surface area contributed by atoms with Gasteiger partial charge in [0.05, 0.1) is 12.8 Å². The SMILES string of the molecule is CCOc1cccc(/C=N\NC(N)=O)c1OCC(=O)O. The highest BCUT2D eigenvalue weighted by Crippen LogP contribution is 2.30. The lowest BCUT2D eigenvalue weighted by Gasteiger charge is -2.12. The monoisotopic (exact) mass is 281 g/mol. The molecule has 0 saturated carbocycles. The number of hydrogen-bond donors (Lipinski definition) is 3. The van der Waals surface area contributed by atoms with E-state index in [0.29, 0.717) is 17.9 Å². The molecule has 8 nitrogen and oxygen atoms in total. The van der Waals surface area contributed by atoms with E-state index in [1.165, 1.54) is 6.21 Å². The number of nitrogens with two attached hydrogens (primary N) is 1. The topological polar surface area (TPSA) is 123 Å². The molecule has 0 aliphatic carbocycles. The summed E-state index contributed by atoms with van der Waals surface area (Å²) in [5.74, 6) is -0.502. The van der Waals surface area contributed by atoms with Crippen molar-refractivity contribution < 1.29 is 24.2 Å². The van der Waals surface area contributed by atoms with Crippen molar-refractivity contribution in [2.24, 2.45) is 10.8 Å². The molecule has 0 aliphatic heterocycles. The Hall–Kier alpha value is -2.77. The van der Waals surface area contributed by atoms with Crippen LogP contribution in [0.3, 0.4) is 0 Å². The largest absolute Gasteiger partial charge is 0.490 e. The number of carbonyl (C=O) groups excluding carboxylic acids is 1. The van der Waals surface area contributed by atoms with Crippen LogP contribution < -0.4 is 20.6 Å². The van der Waals surface area contributed by atoms with Crippen LogP contribution in [0.4, 0.5) is 4.79 Å². The molecule has 0 heterocycles. The van der Waals surface area contributed by atoms with Gasteiger partial charge in [-0.2, -0.15) is 5.10 Å². The summed E-state index contributed by atoms with van der Waals surface area (Å²) in [6.07, 6.45) is 1.28. The Morgan fingerprint density at radius 3 is 2.80 bits per heavy atom. The zero-order chi connectivity index (χ0) is 15.0. The molecule has 4 N–H and O–H groups in total. The Bertz CT molecular complexity index is 516. The predicted octanol–water partition coefficient (Wildman–Crippen LogP) is 0.551. The van der Waals surface area contributed by atoms with Gasteiger partial charge < -0.3 is 20.3 Å². The number of aliphatic carboxylic acids is 1. The summed E-state index contributed by atoms with van der Waals surface area (Å²) in [5.41, 5.74) is 7.36.